The quantitative estimate of drug-likeness (QED) is 0.745. The Kier molecular flexibility index (Phi) is 5.30. The van der Waals surface area contributed by atoms with Crippen molar-refractivity contribution in [1.82, 2.24) is 9.80 Å². The maximum absolute atomic E-state index is 12.5. The molecule has 152 valence electrons. The lowest BCUT2D eigenvalue weighted by Gasteiger charge is -2.34. The Bertz CT molecular complexity index is 916. The monoisotopic (exact) mass is 398 g/mol. The topological polar surface area (TPSA) is 101 Å². The number of nitrogens with zero attached hydrogens (tertiary/aromatic N) is 3. The third-order valence-corrected chi connectivity index (χ3v) is 5.09. The molecule has 0 radical (unpaired) electrons. The van der Waals surface area contributed by atoms with E-state index in [9.17, 15) is 14.4 Å². The van der Waals surface area contributed by atoms with E-state index in [0.717, 1.165) is 0 Å². The number of aliphatic imine (C=N–C) groups is 1. The third-order valence-electron chi connectivity index (χ3n) is 5.09. The van der Waals surface area contributed by atoms with Crippen molar-refractivity contribution in [3.05, 3.63) is 30.0 Å². The van der Waals surface area contributed by atoms with Crippen LogP contribution in [0.1, 0.15) is 23.7 Å². The van der Waals surface area contributed by atoms with Crippen molar-refractivity contribution in [3.63, 3.8) is 0 Å². The molecule has 1 N–H and O–H groups in total. The Labute approximate surface area is 168 Å². The van der Waals surface area contributed by atoms with Gasteiger partial charge in [-0.05, 0) is 13.0 Å². The molecule has 0 saturated carbocycles. The summed E-state index contributed by atoms with van der Waals surface area (Å²) >= 11 is 0. The summed E-state index contributed by atoms with van der Waals surface area (Å²) in [5, 5.41) is 2.80. The molecule has 4 rings (SSSR count). The number of hydrogen-bond acceptors (Lipinski definition) is 7. The van der Waals surface area contributed by atoms with E-state index in [-0.39, 0.29) is 30.9 Å². The standard InChI is InChI=1S/C20H22N4O5/c1-13(25)14-9-17-18(29-12-28-17)10-16(14)22-19(26)11-23-5-7-24(8-6-23)20(27)15-3-2-4-21-15/h2,4,9-10H,3,5-8,11-12H2,1H3,(H,22,26). The molecule has 1 saturated heterocycles. The number of nitrogens with one attached hydrogen (secondary N) is 1. The number of rotatable bonds is 5. The molecule has 0 spiro atoms. The van der Waals surface area contributed by atoms with Gasteiger partial charge in [0, 0.05) is 50.4 Å². The fourth-order valence-corrected chi connectivity index (χ4v) is 3.52. The molecule has 2 amide bonds. The van der Waals surface area contributed by atoms with Crippen LogP contribution in [0.15, 0.2) is 29.4 Å². The summed E-state index contributed by atoms with van der Waals surface area (Å²) in [5.41, 5.74) is 1.35. The number of carbonyl (C=O) groups is 3. The molecule has 0 atom stereocenters. The van der Waals surface area contributed by atoms with Gasteiger partial charge in [0.25, 0.3) is 5.91 Å². The van der Waals surface area contributed by atoms with Gasteiger partial charge in [-0.2, -0.15) is 0 Å². The smallest absolute Gasteiger partial charge is 0.268 e. The van der Waals surface area contributed by atoms with Crippen LogP contribution >= 0.6 is 0 Å². The normalized spacial score (nSPS) is 18.0. The molecule has 0 unspecified atom stereocenters. The van der Waals surface area contributed by atoms with Crippen molar-refractivity contribution in [2.45, 2.75) is 13.3 Å². The molecule has 3 aliphatic heterocycles. The summed E-state index contributed by atoms with van der Waals surface area (Å²) in [6.45, 7) is 4.00. The van der Waals surface area contributed by atoms with E-state index in [2.05, 4.69) is 10.3 Å². The second-order valence-corrected chi connectivity index (χ2v) is 7.09. The van der Waals surface area contributed by atoms with Crippen LogP contribution in [0, 0.1) is 0 Å². The highest BCUT2D eigenvalue weighted by Crippen LogP contribution is 2.37. The van der Waals surface area contributed by atoms with E-state index in [1.54, 1.807) is 23.2 Å². The summed E-state index contributed by atoms with van der Waals surface area (Å²) in [4.78, 5) is 44.7. The minimum atomic E-state index is -0.226. The number of carbonyl (C=O) groups excluding carboxylic acids is 3. The predicted molar refractivity (Wildman–Crippen MR) is 105 cm³/mol. The highest BCUT2D eigenvalue weighted by atomic mass is 16.7. The Hall–Kier alpha value is -3.20. The first-order chi connectivity index (χ1) is 14.0. The largest absolute Gasteiger partial charge is 0.454 e. The van der Waals surface area contributed by atoms with Crippen LogP contribution in [0.2, 0.25) is 0 Å². The van der Waals surface area contributed by atoms with Gasteiger partial charge in [-0.25, -0.2) is 0 Å². The molecule has 1 fully saturated rings. The molecule has 1 aromatic rings. The zero-order valence-electron chi connectivity index (χ0n) is 16.1. The lowest BCUT2D eigenvalue weighted by molar-refractivity contribution is -0.126. The maximum Gasteiger partial charge on any atom is 0.268 e. The van der Waals surface area contributed by atoms with Gasteiger partial charge in [-0.15, -0.1) is 0 Å². The first-order valence-electron chi connectivity index (χ1n) is 9.49. The Balaban J connectivity index is 1.33. The number of piperazine rings is 1. The summed E-state index contributed by atoms with van der Waals surface area (Å²) in [6, 6.07) is 3.20. The van der Waals surface area contributed by atoms with Crippen LogP contribution in [0.3, 0.4) is 0 Å². The van der Waals surface area contributed by atoms with Gasteiger partial charge >= 0.3 is 0 Å². The second kappa shape index (κ2) is 8.04. The number of benzene rings is 1. The maximum atomic E-state index is 12.5. The third kappa shape index (κ3) is 4.14. The molecule has 0 aliphatic carbocycles. The summed E-state index contributed by atoms with van der Waals surface area (Å²) < 4.78 is 10.6. The number of allylic oxidation sites excluding steroid dienone is 1. The van der Waals surface area contributed by atoms with E-state index in [0.29, 0.717) is 61.1 Å². The number of ketones is 1. The minimum absolute atomic E-state index is 0.0365. The first-order valence-corrected chi connectivity index (χ1v) is 9.49. The van der Waals surface area contributed by atoms with Gasteiger partial charge in [0.15, 0.2) is 17.3 Å². The number of Topliss-reactive ketones (excluding diaryl/α,β-unsaturated/α-hetero) is 1. The predicted octanol–water partition coefficient (Wildman–Crippen LogP) is 1.06. The zero-order chi connectivity index (χ0) is 20.4. The number of ether oxygens (including phenoxy) is 2. The van der Waals surface area contributed by atoms with Crippen molar-refractivity contribution >= 4 is 29.0 Å². The number of anilines is 1. The molecule has 9 nitrogen and oxygen atoms in total. The molecular weight excluding hydrogens is 376 g/mol. The SMILES string of the molecule is CC(=O)c1cc2c(cc1NC(=O)CN1CCN(C(=O)C3=NC=CC3)CC1)OCO2. The van der Waals surface area contributed by atoms with Crippen LogP contribution in [-0.2, 0) is 9.59 Å². The van der Waals surface area contributed by atoms with Crippen LogP contribution in [0.4, 0.5) is 5.69 Å². The average molecular weight is 398 g/mol. The first kappa shape index (κ1) is 19.1. The van der Waals surface area contributed by atoms with Crippen LogP contribution in [0.25, 0.3) is 0 Å². The molecule has 3 heterocycles. The molecule has 29 heavy (non-hydrogen) atoms. The van der Waals surface area contributed by atoms with E-state index in [1.807, 2.05) is 11.0 Å². The Morgan fingerprint density at radius 2 is 1.83 bits per heavy atom. The molecule has 0 bridgehead atoms. The molecule has 9 heteroatoms. The highest BCUT2D eigenvalue weighted by Gasteiger charge is 2.26. The minimum Gasteiger partial charge on any atom is -0.454 e. The Morgan fingerprint density at radius 3 is 2.48 bits per heavy atom. The van der Waals surface area contributed by atoms with Crippen molar-refractivity contribution < 1.29 is 23.9 Å². The summed E-state index contributed by atoms with van der Waals surface area (Å²) in [6.07, 6.45) is 4.09. The lowest BCUT2D eigenvalue weighted by Crippen LogP contribution is -2.51. The Morgan fingerprint density at radius 1 is 1.10 bits per heavy atom. The zero-order valence-corrected chi connectivity index (χ0v) is 16.1. The number of fused-ring (bicyclic) bond motifs is 1. The van der Waals surface area contributed by atoms with Gasteiger partial charge in [0.05, 0.1) is 12.2 Å². The van der Waals surface area contributed by atoms with E-state index < -0.39 is 0 Å². The van der Waals surface area contributed by atoms with Gasteiger partial charge in [-0.1, -0.05) is 6.08 Å². The van der Waals surface area contributed by atoms with Gasteiger partial charge in [0.2, 0.25) is 12.7 Å². The number of amides is 2. The van der Waals surface area contributed by atoms with Gasteiger partial charge < -0.3 is 19.7 Å². The van der Waals surface area contributed by atoms with E-state index >= 15 is 0 Å². The van der Waals surface area contributed by atoms with Crippen LogP contribution < -0.4 is 14.8 Å². The van der Waals surface area contributed by atoms with Crippen molar-refractivity contribution in [2.75, 3.05) is 44.8 Å². The molecular formula is C20H22N4O5. The molecule has 1 aromatic carbocycles. The number of hydrogen-bond donors (Lipinski definition) is 1. The van der Waals surface area contributed by atoms with Crippen molar-refractivity contribution in [1.29, 1.82) is 0 Å². The highest BCUT2D eigenvalue weighted by molar-refractivity contribution is 6.39. The van der Waals surface area contributed by atoms with Gasteiger partial charge in [-0.3, -0.25) is 24.3 Å². The summed E-state index contributed by atoms with van der Waals surface area (Å²) in [7, 11) is 0. The summed E-state index contributed by atoms with van der Waals surface area (Å²) in [5.74, 6) is 0.564. The fraction of sp³-hybridized carbons (Fsp3) is 0.400. The van der Waals surface area contributed by atoms with Gasteiger partial charge in [0.1, 0.15) is 5.71 Å². The van der Waals surface area contributed by atoms with Crippen molar-refractivity contribution in [2.24, 2.45) is 4.99 Å². The second-order valence-electron chi connectivity index (χ2n) is 7.09. The van der Waals surface area contributed by atoms with Crippen molar-refractivity contribution in [3.8, 4) is 11.5 Å². The van der Waals surface area contributed by atoms with Crippen LogP contribution in [0.5, 0.6) is 11.5 Å². The fourth-order valence-electron chi connectivity index (χ4n) is 3.52. The van der Waals surface area contributed by atoms with Crippen LogP contribution in [-0.4, -0.2) is 72.6 Å². The lowest BCUT2D eigenvalue weighted by atomic mass is 10.1. The molecule has 3 aliphatic rings. The van der Waals surface area contributed by atoms with E-state index in [4.69, 9.17) is 9.47 Å². The molecule has 0 aromatic heterocycles. The van der Waals surface area contributed by atoms with E-state index in [1.165, 1.54) is 6.92 Å². The average Bonchev–Trinajstić information content (AvgIpc) is 3.39.